The van der Waals surface area contributed by atoms with E-state index in [2.05, 4.69) is 84.2 Å². The van der Waals surface area contributed by atoms with Crippen molar-refractivity contribution in [2.24, 2.45) is 0 Å². The Labute approximate surface area is 145 Å². The zero-order valence-electron chi connectivity index (χ0n) is 13.1. The van der Waals surface area contributed by atoms with E-state index in [9.17, 15) is 0 Å². The van der Waals surface area contributed by atoms with E-state index in [1.54, 1.807) is 0 Å². The molecule has 0 aromatic heterocycles. The van der Waals surface area contributed by atoms with Crippen molar-refractivity contribution in [3.63, 3.8) is 0 Å². The van der Waals surface area contributed by atoms with Gasteiger partial charge in [0.15, 0.2) is 0 Å². The first-order valence-corrected chi connectivity index (χ1v) is 9.01. The minimum absolute atomic E-state index is 0.111. The van der Waals surface area contributed by atoms with Crippen LogP contribution in [-0.2, 0) is 9.61 Å². The van der Waals surface area contributed by atoms with Crippen LogP contribution in [0.15, 0.2) is 89.8 Å². The average Bonchev–Trinajstić information content (AvgIpc) is 3.37. The molecule has 1 N–H and O–H groups in total. The second-order valence-electron chi connectivity index (χ2n) is 6.21. The zero-order chi connectivity index (χ0) is 16.0. The maximum absolute atomic E-state index is 6.19. The van der Waals surface area contributed by atoms with E-state index in [1.807, 2.05) is 17.8 Å². The minimum atomic E-state index is -0.272. The number of nitrogens with one attached hydrogen (secondary N) is 1. The molecule has 0 spiro atoms. The lowest BCUT2D eigenvalue weighted by Gasteiger charge is -2.28. The standard InChI is InChI=1S/C21H17NOS/c1-3-9-15(10-4-1)19-20(23-19)21(16-11-5-2-6-12-16)22-17-13-7-8-14-18(17)24-21/h1-14,19-20,22H/t19-,20-,21+/m0/s1. The van der Waals surface area contributed by atoms with Gasteiger partial charge in [-0.1, -0.05) is 84.6 Å². The third kappa shape index (κ3) is 2.16. The summed E-state index contributed by atoms with van der Waals surface area (Å²) >= 11 is 1.87. The summed E-state index contributed by atoms with van der Waals surface area (Å²) in [4.78, 5) is 1.01. The summed E-state index contributed by atoms with van der Waals surface area (Å²) < 4.78 is 6.19. The molecule has 1 fully saturated rings. The number of hydrogen-bond acceptors (Lipinski definition) is 3. The first kappa shape index (κ1) is 14.1. The molecule has 3 aromatic rings. The van der Waals surface area contributed by atoms with Gasteiger partial charge in [-0.3, -0.25) is 0 Å². The van der Waals surface area contributed by atoms with Crippen LogP contribution in [0.25, 0.3) is 0 Å². The van der Waals surface area contributed by atoms with Crippen molar-refractivity contribution in [3.05, 3.63) is 96.1 Å². The molecule has 0 bridgehead atoms. The predicted octanol–water partition coefficient (Wildman–Crippen LogP) is 5.20. The Morgan fingerprint density at radius 2 is 1.46 bits per heavy atom. The molecule has 0 unspecified atom stereocenters. The molecule has 1 saturated heterocycles. The molecule has 118 valence electrons. The lowest BCUT2D eigenvalue weighted by molar-refractivity contribution is 0.348. The molecule has 0 aliphatic carbocycles. The molecule has 3 heteroatoms. The van der Waals surface area contributed by atoms with E-state index in [0.29, 0.717) is 0 Å². The molecule has 2 aliphatic rings. The van der Waals surface area contributed by atoms with Crippen LogP contribution in [0.2, 0.25) is 0 Å². The van der Waals surface area contributed by atoms with Crippen molar-refractivity contribution in [2.45, 2.75) is 22.0 Å². The van der Waals surface area contributed by atoms with Gasteiger partial charge in [-0.25, -0.2) is 0 Å². The molecule has 2 aliphatic heterocycles. The first-order chi connectivity index (χ1) is 11.9. The molecule has 3 atom stereocenters. The number of fused-ring (bicyclic) bond motifs is 1. The van der Waals surface area contributed by atoms with Crippen molar-refractivity contribution in [2.75, 3.05) is 5.32 Å². The van der Waals surface area contributed by atoms with Gasteiger partial charge in [-0.2, -0.15) is 0 Å². The van der Waals surface area contributed by atoms with Gasteiger partial charge < -0.3 is 10.1 Å². The fraction of sp³-hybridized carbons (Fsp3) is 0.143. The number of para-hydroxylation sites is 1. The summed E-state index contributed by atoms with van der Waals surface area (Å²) in [5.41, 5.74) is 3.69. The van der Waals surface area contributed by atoms with Gasteiger partial charge >= 0.3 is 0 Å². The van der Waals surface area contributed by atoms with Crippen LogP contribution < -0.4 is 5.32 Å². The van der Waals surface area contributed by atoms with Gasteiger partial charge in [0.1, 0.15) is 17.1 Å². The lowest BCUT2D eigenvalue weighted by atomic mass is 9.98. The number of hydrogen-bond donors (Lipinski definition) is 1. The second kappa shape index (κ2) is 5.40. The molecule has 2 nitrogen and oxygen atoms in total. The molecule has 2 heterocycles. The Hall–Kier alpha value is -2.23. The summed E-state index contributed by atoms with van der Waals surface area (Å²) in [5, 5.41) is 3.76. The van der Waals surface area contributed by atoms with E-state index in [-0.39, 0.29) is 17.1 Å². The zero-order valence-corrected chi connectivity index (χ0v) is 13.9. The number of anilines is 1. The fourth-order valence-electron chi connectivity index (χ4n) is 3.49. The Morgan fingerprint density at radius 1 is 0.792 bits per heavy atom. The Balaban J connectivity index is 1.56. The molecule has 3 aromatic carbocycles. The minimum Gasteiger partial charge on any atom is -0.364 e. The highest BCUT2D eigenvalue weighted by Crippen LogP contribution is 2.61. The van der Waals surface area contributed by atoms with Gasteiger partial charge in [0.2, 0.25) is 0 Å². The predicted molar refractivity (Wildman–Crippen MR) is 98.1 cm³/mol. The van der Waals surface area contributed by atoms with E-state index in [1.165, 1.54) is 21.7 Å². The number of ether oxygens (including phenoxy) is 1. The van der Waals surface area contributed by atoms with Crippen molar-refractivity contribution in [1.82, 2.24) is 0 Å². The molecule has 0 amide bonds. The largest absolute Gasteiger partial charge is 0.364 e. The fourth-order valence-corrected chi connectivity index (χ4v) is 4.92. The lowest BCUT2D eigenvalue weighted by Crippen LogP contribution is -2.34. The SMILES string of the molecule is c1ccc([C@@H]2O[C@@H]2[C@]2(c3ccccc3)Nc3ccccc3S2)cc1. The Morgan fingerprint density at radius 3 is 2.21 bits per heavy atom. The highest BCUT2D eigenvalue weighted by Gasteiger charge is 2.59. The first-order valence-electron chi connectivity index (χ1n) is 8.19. The quantitative estimate of drug-likeness (QED) is 0.668. The molecular formula is C21H17NOS. The van der Waals surface area contributed by atoms with E-state index in [4.69, 9.17) is 4.74 Å². The van der Waals surface area contributed by atoms with Crippen molar-refractivity contribution in [3.8, 4) is 0 Å². The number of thioether (sulfide) groups is 1. The molecular weight excluding hydrogens is 314 g/mol. The average molecular weight is 331 g/mol. The van der Waals surface area contributed by atoms with Crippen LogP contribution >= 0.6 is 11.8 Å². The third-order valence-electron chi connectivity index (χ3n) is 4.70. The van der Waals surface area contributed by atoms with Gasteiger partial charge in [0, 0.05) is 10.6 Å². The van der Waals surface area contributed by atoms with Gasteiger partial charge in [0.25, 0.3) is 0 Å². The van der Waals surface area contributed by atoms with Crippen LogP contribution in [0.3, 0.4) is 0 Å². The van der Waals surface area contributed by atoms with E-state index >= 15 is 0 Å². The molecule has 5 rings (SSSR count). The third-order valence-corrected chi connectivity index (χ3v) is 6.17. The Kier molecular flexibility index (Phi) is 3.18. The summed E-state index contributed by atoms with van der Waals surface area (Å²) in [6.07, 6.45) is 0.250. The van der Waals surface area contributed by atoms with Crippen molar-refractivity contribution >= 4 is 17.4 Å². The van der Waals surface area contributed by atoms with Crippen LogP contribution in [0.4, 0.5) is 5.69 Å². The van der Waals surface area contributed by atoms with Crippen molar-refractivity contribution < 1.29 is 4.74 Å². The normalized spacial score (nSPS) is 27.3. The highest BCUT2D eigenvalue weighted by atomic mass is 32.2. The number of rotatable bonds is 3. The van der Waals surface area contributed by atoms with Crippen LogP contribution in [0, 0.1) is 0 Å². The monoisotopic (exact) mass is 331 g/mol. The van der Waals surface area contributed by atoms with Crippen LogP contribution in [0.5, 0.6) is 0 Å². The topological polar surface area (TPSA) is 24.6 Å². The molecule has 24 heavy (non-hydrogen) atoms. The smallest absolute Gasteiger partial charge is 0.143 e. The number of epoxide rings is 1. The summed E-state index contributed by atoms with van der Waals surface area (Å²) in [5.74, 6) is 0. The highest BCUT2D eigenvalue weighted by molar-refractivity contribution is 8.01. The van der Waals surface area contributed by atoms with Crippen LogP contribution in [0.1, 0.15) is 17.2 Å². The maximum Gasteiger partial charge on any atom is 0.143 e. The summed E-state index contributed by atoms with van der Waals surface area (Å²) in [6, 6.07) is 29.6. The summed E-state index contributed by atoms with van der Waals surface area (Å²) in [6.45, 7) is 0. The summed E-state index contributed by atoms with van der Waals surface area (Å²) in [7, 11) is 0. The maximum atomic E-state index is 6.19. The molecule has 0 radical (unpaired) electrons. The van der Waals surface area contributed by atoms with Gasteiger partial charge in [0.05, 0.1) is 0 Å². The second-order valence-corrected chi connectivity index (χ2v) is 7.50. The van der Waals surface area contributed by atoms with Crippen LogP contribution in [-0.4, -0.2) is 6.10 Å². The van der Waals surface area contributed by atoms with Gasteiger partial charge in [-0.15, -0.1) is 0 Å². The van der Waals surface area contributed by atoms with E-state index in [0.717, 1.165) is 0 Å². The Bertz CT molecular complexity index is 840. The van der Waals surface area contributed by atoms with Gasteiger partial charge in [-0.05, 0) is 23.3 Å². The van der Waals surface area contributed by atoms with Crippen molar-refractivity contribution in [1.29, 1.82) is 0 Å². The van der Waals surface area contributed by atoms with E-state index < -0.39 is 0 Å². The number of benzene rings is 3. The molecule has 0 saturated carbocycles.